The van der Waals surface area contributed by atoms with Gasteiger partial charge in [0.05, 0.1) is 19.9 Å². The van der Waals surface area contributed by atoms with E-state index >= 15 is 0 Å². The van der Waals surface area contributed by atoms with Gasteiger partial charge in [0.2, 0.25) is 0 Å². The molecule has 7 nitrogen and oxygen atoms in total. The average molecular weight is 378 g/mol. The Bertz CT molecular complexity index is 984. The monoisotopic (exact) mass is 378 g/mol. The normalized spacial score (nSPS) is 10.3. The first kappa shape index (κ1) is 19.2. The third-order valence-electron chi connectivity index (χ3n) is 4.05. The van der Waals surface area contributed by atoms with Crippen LogP contribution < -0.4 is 20.1 Å². The van der Waals surface area contributed by atoms with Gasteiger partial charge in [0.15, 0.2) is 0 Å². The van der Waals surface area contributed by atoms with Crippen molar-refractivity contribution in [2.75, 3.05) is 24.9 Å². The van der Waals surface area contributed by atoms with Crippen LogP contribution >= 0.6 is 0 Å². The number of aromatic nitrogens is 2. The molecule has 2 N–H and O–H groups in total. The van der Waals surface area contributed by atoms with Gasteiger partial charge in [-0.25, -0.2) is 9.97 Å². The largest absolute Gasteiger partial charge is 0.497 e. The van der Waals surface area contributed by atoms with Gasteiger partial charge in [-0.1, -0.05) is 6.07 Å². The molecular formula is C21H22N4O3. The molecule has 0 unspecified atom stereocenters. The molecule has 0 aliphatic rings. The average Bonchev–Trinajstić information content (AvgIpc) is 2.67. The van der Waals surface area contributed by atoms with Crippen LogP contribution in [0.1, 0.15) is 21.6 Å². The van der Waals surface area contributed by atoms with Crippen LogP contribution in [0.3, 0.4) is 0 Å². The van der Waals surface area contributed by atoms with Gasteiger partial charge in [0.25, 0.3) is 5.91 Å². The predicted octanol–water partition coefficient (Wildman–Crippen LogP) is 4.11. The number of methoxy groups -OCH3 is 2. The molecule has 0 saturated heterocycles. The zero-order valence-corrected chi connectivity index (χ0v) is 16.2. The van der Waals surface area contributed by atoms with Crippen molar-refractivity contribution in [3.8, 4) is 11.5 Å². The van der Waals surface area contributed by atoms with Crippen LogP contribution in [0, 0.1) is 13.8 Å². The number of rotatable bonds is 6. The number of nitrogens with one attached hydrogen (secondary N) is 2. The quantitative estimate of drug-likeness (QED) is 0.671. The molecular weight excluding hydrogens is 356 g/mol. The predicted molar refractivity (Wildman–Crippen MR) is 109 cm³/mol. The van der Waals surface area contributed by atoms with Crippen LogP contribution in [-0.2, 0) is 0 Å². The van der Waals surface area contributed by atoms with E-state index in [0.717, 1.165) is 16.8 Å². The van der Waals surface area contributed by atoms with Crippen LogP contribution in [0.5, 0.6) is 11.5 Å². The number of anilines is 3. The third kappa shape index (κ3) is 4.56. The van der Waals surface area contributed by atoms with Crippen molar-refractivity contribution >= 4 is 23.1 Å². The number of benzene rings is 2. The molecule has 144 valence electrons. The van der Waals surface area contributed by atoms with Crippen molar-refractivity contribution in [2.24, 2.45) is 0 Å². The van der Waals surface area contributed by atoms with E-state index in [1.54, 1.807) is 32.4 Å². The highest BCUT2D eigenvalue weighted by atomic mass is 16.5. The van der Waals surface area contributed by atoms with Crippen molar-refractivity contribution in [1.29, 1.82) is 0 Å². The zero-order valence-electron chi connectivity index (χ0n) is 16.2. The lowest BCUT2D eigenvalue weighted by molar-refractivity contribution is 0.102. The highest BCUT2D eigenvalue weighted by Gasteiger charge is 2.12. The minimum absolute atomic E-state index is 0.254. The maximum atomic E-state index is 12.6. The van der Waals surface area contributed by atoms with E-state index in [1.165, 1.54) is 6.33 Å². The van der Waals surface area contributed by atoms with Gasteiger partial charge < -0.3 is 20.1 Å². The molecule has 0 atom stereocenters. The Hall–Kier alpha value is -3.61. The number of hydrogen-bond donors (Lipinski definition) is 2. The van der Waals surface area contributed by atoms with Crippen molar-refractivity contribution in [2.45, 2.75) is 13.8 Å². The fraction of sp³-hybridized carbons (Fsp3) is 0.190. The molecule has 7 heteroatoms. The number of amides is 1. The summed E-state index contributed by atoms with van der Waals surface area (Å²) in [4.78, 5) is 20.8. The fourth-order valence-corrected chi connectivity index (χ4v) is 2.83. The van der Waals surface area contributed by atoms with Crippen LogP contribution in [-0.4, -0.2) is 30.1 Å². The van der Waals surface area contributed by atoms with Crippen LogP contribution in [0.25, 0.3) is 0 Å². The standard InChI is InChI=1S/C21H22N4O3/c1-13-7-14(2)9-15(8-13)24-21(26)18-11-20(23-12-22-18)25-17-6-5-16(27-3)10-19(17)28-4/h5-12H,1-4H3,(H,24,26)(H,22,23,25). The van der Waals surface area contributed by atoms with Gasteiger partial charge in [-0.2, -0.15) is 0 Å². The Kier molecular flexibility index (Phi) is 5.74. The van der Waals surface area contributed by atoms with Crippen LogP contribution in [0.2, 0.25) is 0 Å². The Morgan fingerprint density at radius 2 is 1.68 bits per heavy atom. The summed E-state index contributed by atoms with van der Waals surface area (Å²) in [5, 5.41) is 6.01. The second-order valence-electron chi connectivity index (χ2n) is 6.31. The Morgan fingerprint density at radius 1 is 0.929 bits per heavy atom. The second kappa shape index (κ2) is 8.39. The molecule has 1 heterocycles. The fourth-order valence-electron chi connectivity index (χ4n) is 2.83. The summed E-state index contributed by atoms with van der Waals surface area (Å²) in [5.74, 6) is 1.44. The molecule has 0 spiro atoms. The van der Waals surface area contributed by atoms with E-state index in [9.17, 15) is 4.79 Å². The van der Waals surface area contributed by atoms with Gasteiger partial charge in [-0.15, -0.1) is 0 Å². The first-order valence-electron chi connectivity index (χ1n) is 8.69. The lowest BCUT2D eigenvalue weighted by Crippen LogP contribution is -2.14. The molecule has 0 saturated carbocycles. The maximum absolute atomic E-state index is 12.6. The highest BCUT2D eigenvalue weighted by molar-refractivity contribution is 6.03. The summed E-state index contributed by atoms with van der Waals surface area (Å²) in [7, 11) is 3.16. The summed E-state index contributed by atoms with van der Waals surface area (Å²) in [6.45, 7) is 3.97. The number of ether oxygens (including phenoxy) is 2. The first-order chi connectivity index (χ1) is 13.5. The number of hydrogen-bond acceptors (Lipinski definition) is 6. The van der Waals surface area contributed by atoms with E-state index in [2.05, 4.69) is 20.6 Å². The van der Waals surface area contributed by atoms with Gasteiger partial charge >= 0.3 is 0 Å². The van der Waals surface area contributed by atoms with Crippen molar-refractivity contribution < 1.29 is 14.3 Å². The topological polar surface area (TPSA) is 85.4 Å². The lowest BCUT2D eigenvalue weighted by Gasteiger charge is -2.12. The minimum atomic E-state index is -0.308. The number of carbonyl (C=O) groups excluding carboxylic acids is 1. The second-order valence-corrected chi connectivity index (χ2v) is 6.31. The number of aryl methyl sites for hydroxylation is 2. The van der Waals surface area contributed by atoms with E-state index < -0.39 is 0 Å². The summed E-state index contributed by atoms with van der Waals surface area (Å²) in [6.07, 6.45) is 1.34. The van der Waals surface area contributed by atoms with E-state index in [0.29, 0.717) is 23.0 Å². The molecule has 1 aromatic heterocycles. The summed E-state index contributed by atoms with van der Waals surface area (Å²) in [6, 6.07) is 12.8. The SMILES string of the molecule is COc1ccc(Nc2cc(C(=O)Nc3cc(C)cc(C)c3)ncn2)c(OC)c1. The smallest absolute Gasteiger partial charge is 0.274 e. The number of nitrogens with zero attached hydrogens (tertiary/aromatic N) is 2. The molecule has 3 aromatic rings. The zero-order chi connectivity index (χ0) is 20.1. The number of carbonyl (C=O) groups is 1. The highest BCUT2D eigenvalue weighted by Crippen LogP contribution is 2.31. The Morgan fingerprint density at radius 3 is 2.36 bits per heavy atom. The molecule has 0 aliphatic heterocycles. The molecule has 0 bridgehead atoms. The third-order valence-corrected chi connectivity index (χ3v) is 4.05. The molecule has 0 radical (unpaired) electrons. The summed E-state index contributed by atoms with van der Waals surface area (Å²) < 4.78 is 10.6. The van der Waals surface area contributed by atoms with Crippen LogP contribution in [0.4, 0.5) is 17.2 Å². The lowest BCUT2D eigenvalue weighted by atomic mass is 10.1. The molecule has 0 aliphatic carbocycles. The van der Waals surface area contributed by atoms with E-state index in [-0.39, 0.29) is 11.6 Å². The summed E-state index contributed by atoms with van der Waals surface area (Å²) >= 11 is 0. The van der Waals surface area contributed by atoms with Crippen molar-refractivity contribution in [3.63, 3.8) is 0 Å². The molecule has 0 fully saturated rings. The van der Waals surface area contributed by atoms with Crippen molar-refractivity contribution in [1.82, 2.24) is 9.97 Å². The molecule has 28 heavy (non-hydrogen) atoms. The van der Waals surface area contributed by atoms with E-state index in [1.807, 2.05) is 38.1 Å². The maximum Gasteiger partial charge on any atom is 0.274 e. The van der Waals surface area contributed by atoms with Gasteiger partial charge in [0, 0.05) is 17.8 Å². The molecule has 3 rings (SSSR count). The first-order valence-corrected chi connectivity index (χ1v) is 8.69. The minimum Gasteiger partial charge on any atom is -0.497 e. The van der Waals surface area contributed by atoms with Crippen LogP contribution in [0.15, 0.2) is 48.8 Å². The van der Waals surface area contributed by atoms with Gasteiger partial charge in [0.1, 0.15) is 29.3 Å². The Balaban J connectivity index is 1.79. The van der Waals surface area contributed by atoms with Gasteiger partial charge in [-0.05, 0) is 49.2 Å². The van der Waals surface area contributed by atoms with Gasteiger partial charge in [-0.3, -0.25) is 4.79 Å². The Labute approximate surface area is 163 Å². The summed E-state index contributed by atoms with van der Waals surface area (Å²) in [5.41, 5.74) is 3.83. The van der Waals surface area contributed by atoms with E-state index in [4.69, 9.17) is 9.47 Å². The molecule has 1 amide bonds. The molecule has 2 aromatic carbocycles. The van der Waals surface area contributed by atoms with Crippen molar-refractivity contribution in [3.05, 3.63) is 65.6 Å².